The lowest BCUT2D eigenvalue weighted by Crippen LogP contribution is -2.33. The molecule has 0 bridgehead atoms. The highest BCUT2D eigenvalue weighted by atomic mass is 79.9. The maximum Gasteiger partial charge on any atom is 0.223 e. The second-order valence-corrected chi connectivity index (χ2v) is 7.00. The van der Waals surface area contributed by atoms with Gasteiger partial charge in [0, 0.05) is 29.0 Å². The van der Waals surface area contributed by atoms with E-state index in [-0.39, 0.29) is 36.5 Å². The van der Waals surface area contributed by atoms with Crippen molar-refractivity contribution < 1.29 is 13.6 Å². The van der Waals surface area contributed by atoms with Crippen LogP contribution in [0.15, 0.2) is 46.9 Å². The van der Waals surface area contributed by atoms with Gasteiger partial charge in [-0.05, 0) is 43.0 Å². The second kappa shape index (κ2) is 7.43. The highest BCUT2D eigenvalue weighted by Gasteiger charge is 2.32. The van der Waals surface area contributed by atoms with Crippen molar-refractivity contribution in [2.24, 2.45) is 0 Å². The summed E-state index contributed by atoms with van der Waals surface area (Å²) in [5.41, 5.74) is 1.04. The summed E-state index contributed by atoms with van der Waals surface area (Å²) in [5.74, 6) is -0.665. The first-order chi connectivity index (χ1) is 11.5. The van der Waals surface area contributed by atoms with Crippen LogP contribution in [-0.2, 0) is 17.8 Å². The Labute approximate surface area is 148 Å². The second-order valence-electron chi connectivity index (χ2n) is 6.08. The third-order valence-corrected chi connectivity index (χ3v) is 4.72. The van der Waals surface area contributed by atoms with Crippen molar-refractivity contribution in [1.82, 2.24) is 4.90 Å². The zero-order valence-electron chi connectivity index (χ0n) is 13.1. The third-order valence-electron chi connectivity index (χ3n) is 4.23. The lowest BCUT2D eigenvalue weighted by atomic mass is 10.1. The molecule has 0 aromatic heterocycles. The van der Waals surface area contributed by atoms with Gasteiger partial charge in [-0.15, -0.1) is 0 Å². The van der Waals surface area contributed by atoms with Gasteiger partial charge < -0.3 is 4.90 Å². The van der Waals surface area contributed by atoms with Crippen LogP contribution >= 0.6 is 15.9 Å². The van der Waals surface area contributed by atoms with Crippen LogP contribution in [0.5, 0.6) is 0 Å². The van der Waals surface area contributed by atoms with Crippen LogP contribution < -0.4 is 0 Å². The molecule has 0 spiro atoms. The van der Waals surface area contributed by atoms with Gasteiger partial charge in [0.05, 0.1) is 0 Å². The fourth-order valence-corrected chi connectivity index (χ4v) is 3.06. The summed E-state index contributed by atoms with van der Waals surface area (Å²) in [7, 11) is 0. The van der Waals surface area contributed by atoms with Gasteiger partial charge >= 0.3 is 0 Å². The van der Waals surface area contributed by atoms with E-state index in [4.69, 9.17) is 0 Å². The van der Waals surface area contributed by atoms with E-state index in [1.165, 1.54) is 12.1 Å². The predicted molar refractivity (Wildman–Crippen MR) is 92.4 cm³/mol. The van der Waals surface area contributed by atoms with Crippen molar-refractivity contribution in [2.75, 3.05) is 0 Å². The van der Waals surface area contributed by atoms with E-state index in [2.05, 4.69) is 15.9 Å². The number of rotatable bonds is 6. The summed E-state index contributed by atoms with van der Waals surface area (Å²) in [6.07, 6.45) is 2.47. The molecule has 0 heterocycles. The molecule has 0 N–H and O–H groups in total. The Kier molecular flexibility index (Phi) is 5.29. The summed E-state index contributed by atoms with van der Waals surface area (Å²) >= 11 is 3.22. The first-order valence-electron chi connectivity index (χ1n) is 8.01. The molecule has 1 aliphatic carbocycles. The summed E-state index contributed by atoms with van der Waals surface area (Å²) in [5, 5.41) is 0. The minimum atomic E-state index is -0.316. The van der Waals surface area contributed by atoms with E-state index >= 15 is 0 Å². The Bertz CT molecular complexity index is 746. The van der Waals surface area contributed by atoms with Crippen molar-refractivity contribution in [1.29, 1.82) is 0 Å². The van der Waals surface area contributed by atoms with Gasteiger partial charge in [-0.25, -0.2) is 8.78 Å². The number of nitrogens with zero attached hydrogens (tertiary/aromatic N) is 1. The predicted octanol–water partition coefficient (Wildman–Crippen LogP) is 4.85. The van der Waals surface area contributed by atoms with Crippen LogP contribution in [0.2, 0.25) is 0 Å². The molecule has 0 aliphatic heterocycles. The maximum absolute atomic E-state index is 13.9. The lowest BCUT2D eigenvalue weighted by Gasteiger charge is -2.23. The van der Waals surface area contributed by atoms with E-state index in [0.29, 0.717) is 22.0 Å². The average Bonchev–Trinajstić information content (AvgIpc) is 3.38. The Morgan fingerprint density at radius 2 is 1.83 bits per heavy atom. The van der Waals surface area contributed by atoms with Crippen LogP contribution in [0.3, 0.4) is 0 Å². The minimum Gasteiger partial charge on any atom is -0.335 e. The monoisotopic (exact) mass is 393 g/mol. The molecule has 24 heavy (non-hydrogen) atoms. The Hall–Kier alpha value is -1.75. The molecule has 0 atom stereocenters. The number of halogens is 3. The minimum absolute atomic E-state index is 0.0527. The fraction of sp³-hybridized carbons (Fsp3) is 0.316. The number of hydrogen-bond acceptors (Lipinski definition) is 1. The van der Waals surface area contributed by atoms with Gasteiger partial charge in [0.2, 0.25) is 5.91 Å². The van der Waals surface area contributed by atoms with Gasteiger partial charge in [-0.1, -0.05) is 40.2 Å². The zero-order valence-corrected chi connectivity index (χ0v) is 14.7. The summed E-state index contributed by atoms with van der Waals surface area (Å²) in [4.78, 5) is 14.3. The van der Waals surface area contributed by atoms with E-state index in [1.807, 2.05) is 0 Å². The summed E-state index contributed by atoms with van der Waals surface area (Å²) in [6, 6.07) is 11.5. The number of carbonyl (C=O) groups excluding carboxylic acids is 1. The van der Waals surface area contributed by atoms with Crippen LogP contribution in [0.4, 0.5) is 8.78 Å². The summed E-state index contributed by atoms with van der Waals surface area (Å²) < 4.78 is 28.4. The van der Waals surface area contributed by atoms with E-state index < -0.39 is 0 Å². The Morgan fingerprint density at radius 3 is 2.50 bits per heavy atom. The fourth-order valence-electron chi connectivity index (χ4n) is 2.73. The molecule has 0 radical (unpaired) electrons. The van der Waals surface area contributed by atoms with Crippen molar-refractivity contribution in [3.63, 3.8) is 0 Å². The maximum atomic E-state index is 13.9. The van der Waals surface area contributed by atoms with E-state index in [9.17, 15) is 13.6 Å². The molecule has 2 nitrogen and oxygen atoms in total. The molecule has 5 heteroatoms. The van der Waals surface area contributed by atoms with Gasteiger partial charge in [-0.3, -0.25) is 4.79 Å². The Balaban J connectivity index is 1.66. The highest BCUT2D eigenvalue weighted by molar-refractivity contribution is 9.10. The number of benzene rings is 2. The molecule has 2 aromatic rings. The Morgan fingerprint density at radius 1 is 1.08 bits per heavy atom. The molecular weight excluding hydrogens is 376 g/mol. The summed E-state index contributed by atoms with van der Waals surface area (Å²) in [6.45, 7) is 0.277. The van der Waals surface area contributed by atoms with Gasteiger partial charge in [0.25, 0.3) is 0 Å². The van der Waals surface area contributed by atoms with Crippen molar-refractivity contribution in [3.8, 4) is 0 Å². The van der Waals surface area contributed by atoms with Crippen LogP contribution in [0, 0.1) is 11.6 Å². The largest absolute Gasteiger partial charge is 0.335 e. The third kappa shape index (κ3) is 4.20. The number of aryl methyl sites for hydroxylation is 1. The van der Waals surface area contributed by atoms with E-state index in [0.717, 1.165) is 12.8 Å². The van der Waals surface area contributed by atoms with Crippen LogP contribution in [0.1, 0.15) is 30.4 Å². The van der Waals surface area contributed by atoms with Crippen molar-refractivity contribution >= 4 is 21.8 Å². The van der Waals surface area contributed by atoms with Crippen molar-refractivity contribution in [2.45, 2.75) is 38.3 Å². The van der Waals surface area contributed by atoms with Crippen LogP contribution in [-0.4, -0.2) is 16.8 Å². The van der Waals surface area contributed by atoms with Crippen LogP contribution in [0.25, 0.3) is 0 Å². The highest BCUT2D eigenvalue weighted by Crippen LogP contribution is 2.30. The molecule has 2 aromatic carbocycles. The van der Waals surface area contributed by atoms with E-state index in [1.54, 1.807) is 35.2 Å². The van der Waals surface area contributed by atoms with Gasteiger partial charge in [0.15, 0.2) is 0 Å². The quantitative estimate of drug-likeness (QED) is 0.686. The van der Waals surface area contributed by atoms with Gasteiger partial charge in [0.1, 0.15) is 11.6 Å². The SMILES string of the molecule is O=C(CCc1ccc(Br)cc1F)N(Cc1ccccc1F)C1CC1. The van der Waals surface area contributed by atoms with Gasteiger partial charge in [-0.2, -0.15) is 0 Å². The molecule has 3 rings (SSSR count). The first kappa shape index (κ1) is 17.1. The topological polar surface area (TPSA) is 20.3 Å². The number of amides is 1. The normalized spacial score (nSPS) is 13.8. The zero-order chi connectivity index (χ0) is 17.1. The lowest BCUT2D eigenvalue weighted by molar-refractivity contribution is -0.132. The number of carbonyl (C=O) groups is 1. The standard InChI is InChI=1S/C19H18BrF2NO/c20-15-7-5-13(18(22)11-15)6-10-19(24)23(16-8-9-16)12-14-3-1-2-4-17(14)21/h1-5,7,11,16H,6,8-10,12H2. The molecule has 126 valence electrons. The molecule has 1 fully saturated rings. The average molecular weight is 394 g/mol. The molecule has 0 unspecified atom stereocenters. The first-order valence-corrected chi connectivity index (χ1v) is 8.80. The van der Waals surface area contributed by atoms with Crippen molar-refractivity contribution in [3.05, 3.63) is 69.7 Å². The smallest absolute Gasteiger partial charge is 0.223 e. The number of hydrogen-bond donors (Lipinski definition) is 0. The molecule has 1 amide bonds. The molecule has 1 aliphatic rings. The molecule has 0 saturated heterocycles. The molecular formula is C19H18BrF2NO. The molecule has 1 saturated carbocycles.